The van der Waals surface area contributed by atoms with Crippen LogP contribution in [0.1, 0.15) is 25.2 Å². The first-order valence-corrected chi connectivity index (χ1v) is 12.0. The van der Waals surface area contributed by atoms with Crippen molar-refractivity contribution in [3.63, 3.8) is 0 Å². The molecule has 0 radical (unpaired) electrons. The minimum Gasteiger partial charge on any atom is -0.497 e. The van der Waals surface area contributed by atoms with Gasteiger partial charge < -0.3 is 14.8 Å². The summed E-state index contributed by atoms with van der Waals surface area (Å²) in [5.74, 6) is 0.696. The lowest BCUT2D eigenvalue weighted by atomic mass is 10.2. The van der Waals surface area contributed by atoms with Gasteiger partial charge in [-0.3, -0.25) is 9.69 Å². The van der Waals surface area contributed by atoms with E-state index in [0.717, 1.165) is 47.3 Å². The van der Waals surface area contributed by atoms with Gasteiger partial charge in [0.25, 0.3) is 0 Å². The lowest BCUT2D eigenvalue weighted by molar-refractivity contribution is -0.115. The molecular formula is C22H26N4O3S2. The number of thiazole rings is 2. The predicted octanol–water partition coefficient (Wildman–Crippen LogP) is 4.07. The molecule has 1 aromatic carbocycles. The molecule has 164 valence electrons. The highest BCUT2D eigenvalue weighted by Crippen LogP contribution is 2.26. The summed E-state index contributed by atoms with van der Waals surface area (Å²) < 4.78 is 11.0. The zero-order chi connectivity index (χ0) is 21.8. The van der Waals surface area contributed by atoms with E-state index >= 15 is 0 Å². The molecule has 9 heteroatoms. The molecule has 1 aliphatic rings. The third-order valence-electron chi connectivity index (χ3n) is 4.91. The SMILES string of the molecule is COc1ccc(-c2nc(CC(=O)Nc3nc(CN4CC(C)OC(C)C4)cs3)cs2)cc1. The molecule has 1 fully saturated rings. The highest BCUT2D eigenvalue weighted by molar-refractivity contribution is 7.14. The normalized spacial score (nSPS) is 19.3. The number of methoxy groups -OCH3 is 1. The van der Waals surface area contributed by atoms with Gasteiger partial charge in [0.1, 0.15) is 10.8 Å². The molecule has 0 saturated carbocycles. The van der Waals surface area contributed by atoms with E-state index in [0.29, 0.717) is 5.13 Å². The second-order valence-corrected chi connectivity index (χ2v) is 9.41. The van der Waals surface area contributed by atoms with E-state index in [-0.39, 0.29) is 24.5 Å². The van der Waals surface area contributed by atoms with Crippen molar-refractivity contribution >= 4 is 33.7 Å². The van der Waals surface area contributed by atoms with E-state index in [1.807, 2.05) is 35.0 Å². The molecule has 0 spiro atoms. The van der Waals surface area contributed by atoms with E-state index in [9.17, 15) is 4.79 Å². The molecule has 4 rings (SSSR count). The third-order valence-corrected chi connectivity index (χ3v) is 6.66. The van der Waals surface area contributed by atoms with E-state index in [1.54, 1.807) is 7.11 Å². The van der Waals surface area contributed by atoms with Gasteiger partial charge in [0, 0.05) is 36.0 Å². The average molecular weight is 459 g/mol. The monoisotopic (exact) mass is 458 g/mol. The molecule has 0 bridgehead atoms. The maximum atomic E-state index is 12.5. The average Bonchev–Trinajstić information content (AvgIpc) is 3.37. The molecule has 1 amide bonds. The molecule has 1 N–H and O–H groups in total. The Bertz CT molecular complexity index is 1010. The topological polar surface area (TPSA) is 76.6 Å². The van der Waals surface area contributed by atoms with E-state index < -0.39 is 0 Å². The highest BCUT2D eigenvalue weighted by atomic mass is 32.1. The number of hydrogen-bond donors (Lipinski definition) is 1. The van der Waals surface area contributed by atoms with Crippen molar-refractivity contribution in [2.75, 3.05) is 25.5 Å². The summed E-state index contributed by atoms with van der Waals surface area (Å²) in [6.45, 7) is 6.73. The molecule has 7 nitrogen and oxygen atoms in total. The largest absolute Gasteiger partial charge is 0.497 e. The number of ether oxygens (including phenoxy) is 2. The highest BCUT2D eigenvalue weighted by Gasteiger charge is 2.23. The fourth-order valence-electron chi connectivity index (χ4n) is 3.66. The summed E-state index contributed by atoms with van der Waals surface area (Å²) in [5, 5.41) is 8.34. The van der Waals surface area contributed by atoms with E-state index in [4.69, 9.17) is 9.47 Å². The summed E-state index contributed by atoms with van der Waals surface area (Å²) in [6.07, 6.45) is 0.671. The second-order valence-electron chi connectivity index (χ2n) is 7.69. The Kier molecular flexibility index (Phi) is 6.96. The predicted molar refractivity (Wildman–Crippen MR) is 124 cm³/mol. The van der Waals surface area contributed by atoms with Crippen LogP contribution in [0.25, 0.3) is 10.6 Å². The Morgan fingerprint density at radius 2 is 1.84 bits per heavy atom. The van der Waals surface area contributed by atoms with Crippen molar-refractivity contribution in [3.05, 3.63) is 46.4 Å². The summed E-state index contributed by atoms with van der Waals surface area (Å²) >= 11 is 2.98. The maximum Gasteiger partial charge on any atom is 0.232 e. The van der Waals surface area contributed by atoms with E-state index in [1.165, 1.54) is 22.7 Å². The molecule has 31 heavy (non-hydrogen) atoms. The van der Waals surface area contributed by atoms with Crippen molar-refractivity contribution in [1.82, 2.24) is 14.9 Å². The summed E-state index contributed by atoms with van der Waals surface area (Å²) in [5.41, 5.74) is 2.73. The minimum atomic E-state index is -0.110. The van der Waals surface area contributed by atoms with Gasteiger partial charge >= 0.3 is 0 Å². The van der Waals surface area contributed by atoms with E-state index in [2.05, 4.69) is 34.0 Å². The fourth-order valence-corrected chi connectivity index (χ4v) is 5.21. The quantitative estimate of drug-likeness (QED) is 0.575. The van der Waals surface area contributed by atoms with Crippen molar-refractivity contribution in [1.29, 1.82) is 0 Å². The first kappa shape index (κ1) is 21.9. The fraction of sp³-hybridized carbons (Fsp3) is 0.409. The number of nitrogens with zero attached hydrogens (tertiary/aromatic N) is 3. The minimum absolute atomic E-state index is 0.110. The second kappa shape index (κ2) is 9.86. The Morgan fingerprint density at radius 3 is 2.55 bits per heavy atom. The molecule has 1 aliphatic heterocycles. The van der Waals surface area contributed by atoms with Crippen LogP contribution < -0.4 is 10.1 Å². The molecule has 0 aliphatic carbocycles. The number of aromatic nitrogens is 2. The summed E-state index contributed by atoms with van der Waals surface area (Å²) in [4.78, 5) is 24.0. The van der Waals surface area contributed by atoms with Crippen LogP contribution in [0.15, 0.2) is 35.0 Å². The lowest BCUT2D eigenvalue weighted by Gasteiger charge is -2.34. The number of carbonyl (C=O) groups is 1. The van der Waals surface area contributed by atoms with Gasteiger partial charge in [-0.05, 0) is 38.1 Å². The third kappa shape index (κ3) is 5.88. The van der Waals surface area contributed by atoms with Gasteiger partial charge in [-0.15, -0.1) is 22.7 Å². The Labute approximate surface area is 190 Å². The summed E-state index contributed by atoms with van der Waals surface area (Å²) in [6, 6.07) is 7.74. The molecule has 2 aromatic heterocycles. The number of anilines is 1. The van der Waals surface area contributed by atoms with Crippen molar-refractivity contribution in [2.45, 2.75) is 39.0 Å². The summed E-state index contributed by atoms with van der Waals surface area (Å²) in [7, 11) is 1.64. The van der Waals surface area contributed by atoms with Gasteiger partial charge in [0.05, 0.1) is 37.1 Å². The molecular weight excluding hydrogens is 432 g/mol. The van der Waals surface area contributed by atoms with Crippen LogP contribution in [0.4, 0.5) is 5.13 Å². The maximum absolute atomic E-state index is 12.5. The number of carbonyl (C=O) groups excluding carboxylic acids is 1. The van der Waals surface area contributed by atoms with Crippen LogP contribution in [0.5, 0.6) is 5.75 Å². The van der Waals surface area contributed by atoms with Crippen LogP contribution in [-0.2, 0) is 22.5 Å². The van der Waals surface area contributed by atoms with Crippen LogP contribution in [0, 0.1) is 0 Å². The molecule has 2 unspecified atom stereocenters. The number of nitrogens with one attached hydrogen (secondary N) is 1. The number of hydrogen-bond acceptors (Lipinski definition) is 8. The van der Waals surface area contributed by atoms with Crippen LogP contribution >= 0.6 is 22.7 Å². The lowest BCUT2D eigenvalue weighted by Crippen LogP contribution is -2.44. The molecule has 2 atom stereocenters. The van der Waals surface area contributed by atoms with Crippen LogP contribution in [0.2, 0.25) is 0 Å². The number of benzene rings is 1. The van der Waals surface area contributed by atoms with Gasteiger partial charge in [0.15, 0.2) is 5.13 Å². The van der Waals surface area contributed by atoms with Gasteiger partial charge in [-0.1, -0.05) is 0 Å². The zero-order valence-corrected chi connectivity index (χ0v) is 19.5. The Hall–Kier alpha value is -2.33. The molecule has 3 aromatic rings. The van der Waals surface area contributed by atoms with Gasteiger partial charge in [0.2, 0.25) is 5.91 Å². The zero-order valence-electron chi connectivity index (χ0n) is 17.8. The van der Waals surface area contributed by atoms with Crippen molar-refractivity contribution in [2.24, 2.45) is 0 Å². The van der Waals surface area contributed by atoms with Crippen LogP contribution in [0.3, 0.4) is 0 Å². The van der Waals surface area contributed by atoms with Gasteiger partial charge in [-0.2, -0.15) is 0 Å². The first-order chi connectivity index (χ1) is 15.0. The van der Waals surface area contributed by atoms with Crippen molar-refractivity contribution in [3.8, 4) is 16.3 Å². The molecule has 1 saturated heterocycles. The smallest absolute Gasteiger partial charge is 0.232 e. The molecule has 3 heterocycles. The van der Waals surface area contributed by atoms with Crippen molar-refractivity contribution < 1.29 is 14.3 Å². The number of amides is 1. The van der Waals surface area contributed by atoms with Crippen LogP contribution in [-0.4, -0.2) is 53.2 Å². The standard InChI is InChI=1S/C22H26N4O3S2/c1-14-9-26(10-15(2)29-14)11-18-13-31-22(24-18)25-20(27)8-17-12-30-21(23-17)16-4-6-19(28-3)7-5-16/h4-7,12-15H,8-11H2,1-3H3,(H,24,25,27). The first-order valence-electron chi connectivity index (χ1n) is 10.2. The van der Waals surface area contributed by atoms with Gasteiger partial charge in [-0.25, -0.2) is 9.97 Å². The number of rotatable bonds is 7. The Morgan fingerprint density at radius 1 is 1.13 bits per heavy atom. The number of morpholine rings is 1. The Balaban J connectivity index is 1.31.